The zero-order valence-corrected chi connectivity index (χ0v) is 11.1. The molecule has 0 spiro atoms. The summed E-state index contributed by atoms with van der Waals surface area (Å²) in [4.78, 5) is 22.0. The molecule has 5 nitrogen and oxygen atoms in total. The standard InChI is InChI=1S/C15H16N2O3/c1-10(18)17-14(15(19)20)9-16-13-7-6-11-4-2-3-5-12(11)8-13/h2-8,14,16H,9H2,1H3,(H,17,18)(H,19,20). The first-order chi connectivity index (χ1) is 9.56. The van der Waals surface area contributed by atoms with E-state index in [1.165, 1.54) is 6.92 Å². The van der Waals surface area contributed by atoms with E-state index in [-0.39, 0.29) is 12.5 Å². The number of benzene rings is 2. The van der Waals surface area contributed by atoms with Crippen molar-refractivity contribution < 1.29 is 14.7 Å². The lowest BCUT2D eigenvalue weighted by molar-refractivity contribution is -0.141. The van der Waals surface area contributed by atoms with Gasteiger partial charge in [0.1, 0.15) is 6.04 Å². The Kier molecular flexibility index (Phi) is 4.20. The van der Waals surface area contributed by atoms with E-state index in [9.17, 15) is 9.59 Å². The molecule has 0 aliphatic heterocycles. The van der Waals surface area contributed by atoms with Gasteiger partial charge < -0.3 is 15.7 Å². The topological polar surface area (TPSA) is 78.4 Å². The average molecular weight is 272 g/mol. The predicted molar refractivity (Wildman–Crippen MR) is 77.7 cm³/mol. The number of carbonyl (C=O) groups excluding carboxylic acids is 1. The van der Waals surface area contributed by atoms with Crippen molar-refractivity contribution in [2.75, 3.05) is 11.9 Å². The van der Waals surface area contributed by atoms with Crippen LogP contribution < -0.4 is 10.6 Å². The second-order valence-electron chi connectivity index (χ2n) is 4.53. The molecule has 0 saturated carbocycles. The number of carboxylic acids is 1. The molecule has 0 aliphatic carbocycles. The Morgan fingerprint density at radius 2 is 1.85 bits per heavy atom. The third-order valence-corrected chi connectivity index (χ3v) is 2.94. The SMILES string of the molecule is CC(=O)NC(CNc1ccc2ccccc2c1)C(=O)O. The highest BCUT2D eigenvalue weighted by Gasteiger charge is 2.17. The van der Waals surface area contributed by atoms with Gasteiger partial charge in [-0.25, -0.2) is 4.79 Å². The lowest BCUT2D eigenvalue weighted by Crippen LogP contribution is -2.44. The number of rotatable bonds is 5. The molecule has 1 unspecified atom stereocenters. The van der Waals surface area contributed by atoms with Crippen molar-refractivity contribution in [3.63, 3.8) is 0 Å². The van der Waals surface area contributed by atoms with Crippen LogP contribution in [0.1, 0.15) is 6.92 Å². The van der Waals surface area contributed by atoms with Gasteiger partial charge in [-0.15, -0.1) is 0 Å². The molecule has 2 rings (SSSR count). The van der Waals surface area contributed by atoms with Crippen LogP contribution in [-0.4, -0.2) is 29.6 Å². The number of anilines is 1. The van der Waals surface area contributed by atoms with Crippen molar-refractivity contribution in [3.8, 4) is 0 Å². The van der Waals surface area contributed by atoms with E-state index in [0.717, 1.165) is 16.5 Å². The van der Waals surface area contributed by atoms with Crippen LogP contribution >= 0.6 is 0 Å². The molecule has 2 aromatic rings. The first-order valence-corrected chi connectivity index (χ1v) is 6.29. The minimum atomic E-state index is -1.06. The number of carboxylic acid groups (broad SMARTS) is 1. The third-order valence-electron chi connectivity index (χ3n) is 2.94. The number of hydrogen-bond donors (Lipinski definition) is 3. The minimum absolute atomic E-state index is 0.132. The molecule has 1 amide bonds. The first-order valence-electron chi connectivity index (χ1n) is 6.29. The van der Waals surface area contributed by atoms with Crippen molar-refractivity contribution >= 4 is 28.3 Å². The lowest BCUT2D eigenvalue weighted by Gasteiger charge is -2.15. The van der Waals surface area contributed by atoms with Gasteiger partial charge in [0.2, 0.25) is 5.91 Å². The summed E-state index contributed by atoms with van der Waals surface area (Å²) < 4.78 is 0. The molecule has 0 radical (unpaired) electrons. The van der Waals surface area contributed by atoms with Crippen LogP contribution in [0.2, 0.25) is 0 Å². The van der Waals surface area contributed by atoms with Crippen LogP contribution in [0.15, 0.2) is 42.5 Å². The van der Waals surface area contributed by atoms with Crippen molar-refractivity contribution in [3.05, 3.63) is 42.5 Å². The summed E-state index contributed by atoms with van der Waals surface area (Å²) in [6.45, 7) is 1.43. The molecule has 0 aromatic heterocycles. The lowest BCUT2D eigenvalue weighted by atomic mass is 10.1. The highest BCUT2D eigenvalue weighted by molar-refractivity contribution is 5.86. The smallest absolute Gasteiger partial charge is 0.328 e. The Hall–Kier alpha value is -2.56. The molecular weight excluding hydrogens is 256 g/mol. The number of nitrogens with one attached hydrogen (secondary N) is 2. The molecule has 20 heavy (non-hydrogen) atoms. The largest absolute Gasteiger partial charge is 0.480 e. The van der Waals surface area contributed by atoms with Crippen LogP contribution in [0, 0.1) is 0 Å². The fraction of sp³-hybridized carbons (Fsp3) is 0.200. The van der Waals surface area contributed by atoms with Crippen LogP contribution in [0.3, 0.4) is 0 Å². The molecule has 0 fully saturated rings. The van der Waals surface area contributed by atoms with E-state index in [4.69, 9.17) is 5.11 Å². The summed E-state index contributed by atoms with van der Waals surface area (Å²) in [6, 6.07) is 12.8. The molecule has 0 saturated heterocycles. The molecule has 0 heterocycles. The van der Waals surface area contributed by atoms with E-state index in [0.29, 0.717) is 0 Å². The Labute approximate surface area is 116 Å². The monoisotopic (exact) mass is 272 g/mol. The molecule has 0 bridgehead atoms. The summed E-state index contributed by atoms with van der Waals surface area (Å²) in [5.74, 6) is -1.42. The van der Waals surface area contributed by atoms with Gasteiger partial charge in [-0.1, -0.05) is 30.3 Å². The van der Waals surface area contributed by atoms with E-state index in [1.807, 2.05) is 42.5 Å². The Morgan fingerprint density at radius 1 is 1.15 bits per heavy atom. The van der Waals surface area contributed by atoms with Crippen LogP contribution in [0.4, 0.5) is 5.69 Å². The molecule has 2 aromatic carbocycles. The van der Waals surface area contributed by atoms with Gasteiger partial charge >= 0.3 is 5.97 Å². The Bertz CT molecular complexity index is 640. The van der Waals surface area contributed by atoms with Crippen molar-refractivity contribution in [2.24, 2.45) is 0 Å². The normalized spacial score (nSPS) is 11.8. The molecular formula is C15H16N2O3. The Balaban J connectivity index is 2.07. The number of aliphatic carboxylic acids is 1. The summed E-state index contributed by atoms with van der Waals surface area (Å²) in [6.07, 6.45) is 0. The van der Waals surface area contributed by atoms with Gasteiger partial charge in [-0.3, -0.25) is 4.79 Å². The molecule has 0 aliphatic rings. The van der Waals surface area contributed by atoms with Gasteiger partial charge in [0, 0.05) is 19.2 Å². The van der Waals surface area contributed by atoms with Crippen LogP contribution in [-0.2, 0) is 9.59 Å². The van der Waals surface area contributed by atoms with E-state index in [1.54, 1.807) is 0 Å². The quantitative estimate of drug-likeness (QED) is 0.776. The zero-order valence-electron chi connectivity index (χ0n) is 11.1. The summed E-state index contributed by atoms with van der Waals surface area (Å²) >= 11 is 0. The van der Waals surface area contributed by atoms with E-state index >= 15 is 0 Å². The molecule has 5 heteroatoms. The fourth-order valence-corrected chi connectivity index (χ4v) is 1.96. The fourth-order valence-electron chi connectivity index (χ4n) is 1.96. The third kappa shape index (κ3) is 3.47. The maximum absolute atomic E-state index is 11.0. The molecule has 1 atom stereocenters. The van der Waals surface area contributed by atoms with E-state index < -0.39 is 12.0 Å². The summed E-state index contributed by atoms with van der Waals surface area (Å²) in [5, 5.41) is 16.6. The average Bonchev–Trinajstić information content (AvgIpc) is 2.42. The van der Waals surface area contributed by atoms with Gasteiger partial charge in [-0.05, 0) is 22.9 Å². The van der Waals surface area contributed by atoms with Crippen molar-refractivity contribution in [1.82, 2.24) is 5.32 Å². The van der Waals surface area contributed by atoms with E-state index in [2.05, 4.69) is 10.6 Å². The van der Waals surface area contributed by atoms with Crippen molar-refractivity contribution in [1.29, 1.82) is 0 Å². The predicted octanol–water partition coefficient (Wildman–Crippen LogP) is 1.84. The summed E-state index contributed by atoms with van der Waals surface area (Å²) in [7, 11) is 0. The number of carbonyl (C=O) groups is 2. The molecule has 104 valence electrons. The summed E-state index contributed by atoms with van der Waals surface area (Å²) in [5.41, 5.74) is 0.820. The first kappa shape index (κ1) is 13.9. The maximum atomic E-state index is 11.0. The highest BCUT2D eigenvalue weighted by Crippen LogP contribution is 2.18. The van der Waals surface area contributed by atoms with Crippen molar-refractivity contribution in [2.45, 2.75) is 13.0 Å². The van der Waals surface area contributed by atoms with Gasteiger partial charge in [0.25, 0.3) is 0 Å². The minimum Gasteiger partial charge on any atom is -0.480 e. The zero-order chi connectivity index (χ0) is 14.5. The number of fused-ring (bicyclic) bond motifs is 1. The van der Waals surface area contributed by atoms with Gasteiger partial charge in [0.05, 0.1) is 0 Å². The highest BCUT2D eigenvalue weighted by atomic mass is 16.4. The van der Waals surface area contributed by atoms with Gasteiger partial charge in [-0.2, -0.15) is 0 Å². The molecule has 3 N–H and O–H groups in total. The number of amides is 1. The second-order valence-corrected chi connectivity index (χ2v) is 4.53. The second kappa shape index (κ2) is 6.06. The number of hydrogen-bond acceptors (Lipinski definition) is 3. The van der Waals surface area contributed by atoms with Crippen LogP contribution in [0.5, 0.6) is 0 Å². The van der Waals surface area contributed by atoms with Gasteiger partial charge in [0.15, 0.2) is 0 Å². The maximum Gasteiger partial charge on any atom is 0.328 e. The Morgan fingerprint density at radius 3 is 2.50 bits per heavy atom. The van der Waals surface area contributed by atoms with Crippen LogP contribution in [0.25, 0.3) is 10.8 Å².